The fourth-order valence-electron chi connectivity index (χ4n) is 2.05. The summed E-state index contributed by atoms with van der Waals surface area (Å²) < 4.78 is 0. The lowest BCUT2D eigenvalue weighted by Crippen LogP contribution is -2.24. The van der Waals surface area contributed by atoms with Crippen LogP contribution >= 0.6 is 0 Å². The molecular weight excluding hydrogens is 274 g/mol. The molecule has 2 rings (SSSR count). The third-order valence-corrected chi connectivity index (χ3v) is 3.80. The first-order valence-corrected chi connectivity index (χ1v) is 7.50. The largest absolute Gasteiger partial charge is 0.330 e. The van der Waals surface area contributed by atoms with E-state index in [-0.39, 0.29) is 11.3 Å². The van der Waals surface area contributed by atoms with Gasteiger partial charge in [-0.1, -0.05) is 26.0 Å². The van der Waals surface area contributed by atoms with Gasteiger partial charge in [0.1, 0.15) is 0 Å². The molecule has 0 saturated carbocycles. The third-order valence-electron chi connectivity index (χ3n) is 3.80. The Morgan fingerprint density at radius 2 is 1.77 bits per heavy atom. The van der Waals surface area contributed by atoms with E-state index in [0.29, 0.717) is 12.1 Å². The van der Waals surface area contributed by atoms with Crippen molar-refractivity contribution >= 4 is 11.6 Å². The van der Waals surface area contributed by atoms with Crippen molar-refractivity contribution in [2.75, 3.05) is 11.9 Å². The Morgan fingerprint density at radius 3 is 2.36 bits per heavy atom. The van der Waals surface area contributed by atoms with Crippen LogP contribution < -0.4 is 11.1 Å². The van der Waals surface area contributed by atoms with E-state index in [4.69, 9.17) is 5.73 Å². The molecule has 1 amide bonds. The molecule has 0 atom stereocenters. The predicted octanol–water partition coefficient (Wildman–Crippen LogP) is 3.25. The highest BCUT2D eigenvalue weighted by Crippen LogP contribution is 2.21. The molecule has 4 heteroatoms. The van der Waals surface area contributed by atoms with Gasteiger partial charge in [0.05, 0.1) is 0 Å². The van der Waals surface area contributed by atoms with Crippen molar-refractivity contribution in [1.82, 2.24) is 4.98 Å². The number of hydrogen-bond acceptors (Lipinski definition) is 3. The third kappa shape index (κ3) is 4.67. The molecule has 1 heterocycles. The highest BCUT2D eigenvalue weighted by atomic mass is 16.1. The molecule has 0 aliphatic rings. The Morgan fingerprint density at radius 1 is 1.14 bits per heavy atom. The van der Waals surface area contributed by atoms with E-state index in [1.807, 2.05) is 24.3 Å². The minimum atomic E-state index is -0.111. The molecular formula is C18H23N3O. The summed E-state index contributed by atoms with van der Waals surface area (Å²) in [6.45, 7) is 5.02. The first-order valence-electron chi connectivity index (χ1n) is 7.50. The van der Waals surface area contributed by atoms with Crippen molar-refractivity contribution in [3.05, 3.63) is 59.9 Å². The first-order chi connectivity index (χ1) is 10.5. The van der Waals surface area contributed by atoms with Gasteiger partial charge >= 0.3 is 0 Å². The molecule has 1 aromatic carbocycles. The summed E-state index contributed by atoms with van der Waals surface area (Å²) in [5.74, 6) is -0.111. The van der Waals surface area contributed by atoms with Gasteiger partial charge in [-0.15, -0.1) is 0 Å². The molecule has 4 nitrogen and oxygen atoms in total. The number of nitrogens with two attached hydrogens (primary N) is 1. The Kier molecular flexibility index (Phi) is 5.28. The average molecular weight is 297 g/mol. The molecule has 0 aliphatic heterocycles. The van der Waals surface area contributed by atoms with E-state index in [9.17, 15) is 4.79 Å². The Hall–Kier alpha value is -2.20. The van der Waals surface area contributed by atoms with E-state index >= 15 is 0 Å². The smallest absolute Gasteiger partial charge is 0.255 e. The quantitative estimate of drug-likeness (QED) is 0.860. The second-order valence-corrected chi connectivity index (χ2v) is 6.26. The molecule has 2 aromatic rings. The van der Waals surface area contributed by atoms with Crippen molar-refractivity contribution in [2.24, 2.45) is 11.1 Å². The number of aryl methyl sites for hydroxylation is 1. The first kappa shape index (κ1) is 16.2. The number of carbonyl (C=O) groups excluding carboxylic acids is 1. The maximum atomic E-state index is 12.1. The number of nitrogens with one attached hydrogen (secondary N) is 1. The van der Waals surface area contributed by atoms with Crippen molar-refractivity contribution in [1.29, 1.82) is 0 Å². The summed E-state index contributed by atoms with van der Waals surface area (Å²) in [6, 6.07) is 11.3. The van der Waals surface area contributed by atoms with E-state index < -0.39 is 0 Å². The maximum Gasteiger partial charge on any atom is 0.255 e. The second-order valence-electron chi connectivity index (χ2n) is 6.26. The van der Waals surface area contributed by atoms with Crippen LogP contribution in [0.1, 0.15) is 36.2 Å². The zero-order valence-electron chi connectivity index (χ0n) is 13.2. The Balaban J connectivity index is 1.95. The van der Waals surface area contributed by atoms with Crippen LogP contribution in [0, 0.1) is 5.41 Å². The standard InChI is InChI=1S/C18H23N3O/c1-18(2,13-19)10-7-14-3-5-15(6-4-14)17(22)21-16-8-11-20-12-9-16/h3-6,8-9,11-12H,7,10,13,19H2,1-2H3,(H,20,21,22). The van der Waals surface area contributed by atoms with Crippen molar-refractivity contribution in [3.8, 4) is 0 Å². The molecule has 22 heavy (non-hydrogen) atoms. The minimum Gasteiger partial charge on any atom is -0.330 e. The van der Waals surface area contributed by atoms with E-state index in [1.165, 1.54) is 5.56 Å². The number of aromatic nitrogens is 1. The number of nitrogens with zero attached hydrogens (tertiary/aromatic N) is 1. The number of rotatable bonds is 6. The molecule has 3 N–H and O–H groups in total. The van der Waals surface area contributed by atoms with Crippen LogP contribution in [-0.2, 0) is 6.42 Å². The van der Waals surface area contributed by atoms with Crippen molar-refractivity contribution in [3.63, 3.8) is 0 Å². The van der Waals surface area contributed by atoms with Crippen LogP contribution in [0.25, 0.3) is 0 Å². The van der Waals surface area contributed by atoms with Gasteiger partial charge in [-0.05, 0) is 54.6 Å². The van der Waals surface area contributed by atoms with Crippen LogP contribution in [0.2, 0.25) is 0 Å². The van der Waals surface area contributed by atoms with Crippen LogP contribution in [0.5, 0.6) is 0 Å². The molecule has 0 radical (unpaired) electrons. The van der Waals surface area contributed by atoms with Crippen LogP contribution in [0.3, 0.4) is 0 Å². The summed E-state index contributed by atoms with van der Waals surface area (Å²) in [5, 5.41) is 2.85. The zero-order valence-corrected chi connectivity index (χ0v) is 13.2. The van der Waals surface area contributed by atoms with Gasteiger partial charge in [0.15, 0.2) is 0 Å². The summed E-state index contributed by atoms with van der Waals surface area (Å²) in [4.78, 5) is 16.1. The number of pyridine rings is 1. The Bertz CT molecular complexity index is 606. The van der Waals surface area contributed by atoms with Gasteiger partial charge in [-0.25, -0.2) is 0 Å². The lowest BCUT2D eigenvalue weighted by Gasteiger charge is -2.22. The van der Waals surface area contributed by atoms with E-state index in [2.05, 4.69) is 24.1 Å². The van der Waals surface area contributed by atoms with Gasteiger partial charge in [0.25, 0.3) is 5.91 Å². The van der Waals surface area contributed by atoms with Crippen LogP contribution in [-0.4, -0.2) is 17.4 Å². The lowest BCUT2D eigenvalue weighted by molar-refractivity contribution is 0.102. The summed E-state index contributed by atoms with van der Waals surface area (Å²) in [6.07, 6.45) is 5.30. The molecule has 116 valence electrons. The van der Waals surface area contributed by atoms with Gasteiger partial charge in [-0.2, -0.15) is 0 Å². The van der Waals surface area contributed by atoms with Crippen molar-refractivity contribution < 1.29 is 4.79 Å². The predicted molar refractivity (Wildman–Crippen MR) is 89.8 cm³/mol. The van der Waals surface area contributed by atoms with E-state index in [0.717, 1.165) is 18.5 Å². The molecule has 0 unspecified atom stereocenters. The van der Waals surface area contributed by atoms with E-state index in [1.54, 1.807) is 24.5 Å². The summed E-state index contributed by atoms with van der Waals surface area (Å²) in [5.41, 5.74) is 8.52. The minimum absolute atomic E-state index is 0.111. The number of carbonyl (C=O) groups is 1. The lowest BCUT2D eigenvalue weighted by atomic mass is 9.86. The number of anilines is 1. The molecule has 0 fully saturated rings. The van der Waals surface area contributed by atoms with Gasteiger partial charge in [0, 0.05) is 23.6 Å². The zero-order chi connectivity index (χ0) is 16.0. The summed E-state index contributed by atoms with van der Waals surface area (Å²) >= 11 is 0. The maximum absolute atomic E-state index is 12.1. The number of benzene rings is 1. The normalized spacial score (nSPS) is 11.2. The van der Waals surface area contributed by atoms with Crippen LogP contribution in [0.15, 0.2) is 48.8 Å². The molecule has 0 saturated heterocycles. The van der Waals surface area contributed by atoms with Gasteiger partial charge in [-0.3, -0.25) is 9.78 Å². The molecule has 0 bridgehead atoms. The molecule has 1 aromatic heterocycles. The summed E-state index contributed by atoms with van der Waals surface area (Å²) in [7, 11) is 0. The fraction of sp³-hybridized carbons (Fsp3) is 0.333. The highest BCUT2D eigenvalue weighted by Gasteiger charge is 2.15. The monoisotopic (exact) mass is 297 g/mol. The molecule has 0 spiro atoms. The van der Waals surface area contributed by atoms with Crippen LogP contribution in [0.4, 0.5) is 5.69 Å². The second kappa shape index (κ2) is 7.18. The molecule has 0 aliphatic carbocycles. The Labute approximate surface area is 131 Å². The van der Waals surface area contributed by atoms with Crippen molar-refractivity contribution in [2.45, 2.75) is 26.7 Å². The SMILES string of the molecule is CC(C)(CN)CCc1ccc(C(=O)Nc2ccncc2)cc1. The average Bonchev–Trinajstić information content (AvgIpc) is 2.54. The van der Waals surface area contributed by atoms with Gasteiger partial charge < -0.3 is 11.1 Å². The number of amides is 1. The fourth-order valence-corrected chi connectivity index (χ4v) is 2.05. The topological polar surface area (TPSA) is 68.0 Å². The number of hydrogen-bond donors (Lipinski definition) is 2. The van der Waals surface area contributed by atoms with Gasteiger partial charge in [0.2, 0.25) is 0 Å². The highest BCUT2D eigenvalue weighted by molar-refractivity contribution is 6.04.